The molecule has 2 saturated carbocycles. The van der Waals surface area contributed by atoms with Crippen molar-refractivity contribution in [3.63, 3.8) is 0 Å². The number of alkyl halides is 1. The van der Waals surface area contributed by atoms with E-state index in [0.29, 0.717) is 31.1 Å². The highest BCUT2D eigenvalue weighted by atomic mass is 32.2. The van der Waals surface area contributed by atoms with Crippen molar-refractivity contribution in [3.8, 4) is 17.4 Å². The lowest BCUT2D eigenvalue weighted by molar-refractivity contribution is -0.141. The lowest BCUT2D eigenvalue weighted by Gasteiger charge is -2.30. The molecule has 18 heteroatoms. The van der Waals surface area contributed by atoms with Crippen LogP contribution in [-0.2, 0) is 31.9 Å². The van der Waals surface area contributed by atoms with Crippen molar-refractivity contribution in [1.82, 2.24) is 35.0 Å². The first kappa shape index (κ1) is 42.0. The van der Waals surface area contributed by atoms with Gasteiger partial charge in [-0.15, -0.1) is 0 Å². The minimum absolute atomic E-state index is 0.00484. The minimum Gasteiger partial charge on any atom is -0.491 e. The Morgan fingerprint density at radius 3 is 2.68 bits per heavy atom. The molecule has 3 N–H and O–H groups in total. The predicted molar refractivity (Wildman–Crippen MR) is 213 cm³/mol. The van der Waals surface area contributed by atoms with Crippen LogP contribution in [0.5, 0.6) is 17.4 Å². The van der Waals surface area contributed by atoms with Crippen LogP contribution < -0.4 is 29.6 Å². The number of pyridine rings is 1. The molecule has 4 aliphatic rings. The van der Waals surface area contributed by atoms with Gasteiger partial charge in [-0.05, 0) is 77.5 Å². The van der Waals surface area contributed by atoms with Gasteiger partial charge in [-0.2, -0.15) is 5.10 Å². The molecule has 6 atom stereocenters. The SMILES string of the molecule is COc1c(F)ccc2c(O[C@@H]3C[C@H]4C(=O)N[C@]5(C(=O)NS(=O)C6(C)CC6)CC5/C=C\CCCCC[C@H](NC(=O)c5ccn(CCF)n5)C(=O)N4C3)cc(OC(C)C)nc12. The Labute approximate surface area is 343 Å². The lowest BCUT2D eigenvalue weighted by atomic mass is 10.0. The number of nitrogens with zero attached hydrogens (tertiary/aromatic N) is 4. The van der Waals surface area contributed by atoms with E-state index in [4.69, 9.17) is 14.2 Å². The number of carbonyl (C=O) groups is 4. The minimum atomic E-state index is -1.66. The van der Waals surface area contributed by atoms with E-state index in [1.165, 1.54) is 41.1 Å². The fourth-order valence-corrected chi connectivity index (χ4v) is 8.78. The summed E-state index contributed by atoms with van der Waals surface area (Å²) in [7, 11) is -0.336. The van der Waals surface area contributed by atoms with Gasteiger partial charge in [0.25, 0.3) is 11.8 Å². The summed E-state index contributed by atoms with van der Waals surface area (Å²) in [4.78, 5) is 62.6. The standard InChI is InChI=1S/C41H51F2N7O8S/c1-24(2)57-33-21-32(27-12-13-28(43)35(56-4)34(27)45-33)58-26-20-31-37(52)46-41(39(54)48-59(55)40(3)15-16-40)22-25(41)10-8-6-5-7-9-11-30(38(53)50(31)23-26)44-36(51)29-14-18-49(47-29)19-17-42/h8,10,12-14,18,21,24-26,30-31H,5-7,9,11,15-17,19-20,22-23H2,1-4H3,(H,44,51)(H,46,52)(H,48,54)/b10-8-/t25?,26-,30+,31+,41-,59?/m1/s1. The van der Waals surface area contributed by atoms with Crippen molar-refractivity contribution in [2.75, 3.05) is 20.3 Å². The highest BCUT2D eigenvalue weighted by Gasteiger charge is 2.62. The quantitative estimate of drug-likeness (QED) is 0.224. The Bertz CT molecular complexity index is 2160. The molecule has 4 heterocycles. The lowest BCUT2D eigenvalue weighted by Crippen LogP contribution is -2.58. The molecule has 318 valence electrons. The van der Waals surface area contributed by atoms with Crippen LogP contribution in [0.2, 0.25) is 0 Å². The molecule has 4 amide bonds. The third-order valence-electron chi connectivity index (χ3n) is 11.4. The molecule has 2 aliphatic carbocycles. The highest BCUT2D eigenvalue weighted by molar-refractivity contribution is 7.85. The molecule has 0 radical (unpaired) electrons. The van der Waals surface area contributed by atoms with Gasteiger partial charge >= 0.3 is 0 Å². The number of allylic oxidation sites excluding steroid dienone is 1. The second-order valence-electron chi connectivity index (χ2n) is 16.3. The van der Waals surface area contributed by atoms with E-state index in [0.717, 1.165) is 12.8 Å². The zero-order valence-corrected chi connectivity index (χ0v) is 34.4. The van der Waals surface area contributed by atoms with Gasteiger partial charge in [0.15, 0.2) is 11.6 Å². The van der Waals surface area contributed by atoms with Crippen LogP contribution in [0.15, 0.2) is 42.6 Å². The van der Waals surface area contributed by atoms with E-state index < -0.39 is 75.6 Å². The number of benzene rings is 1. The maximum Gasteiger partial charge on any atom is 0.272 e. The first-order chi connectivity index (χ1) is 28.2. The third kappa shape index (κ3) is 9.06. The van der Waals surface area contributed by atoms with Gasteiger partial charge < -0.3 is 29.7 Å². The van der Waals surface area contributed by atoms with Crippen LogP contribution in [0.1, 0.15) is 89.0 Å². The second kappa shape index (κ2) is 17.2. The first-order valence-electron chi connectivity index (χ1n) is 20.2. The summed E-state index contributed by atoms with van der Waals surface area (Å²) in [6, 6.07) is 3.49. The van der Waals surface area contributed by atoms with Crippen molar-refractivity contribution in [2.24, 2.45) is 5.92 Å². The van der Waals surface area contributed by atoms with Crippen molar-refractivity contribution in [2.45, 2.75) is 120 Å². The van der Waals surface area contributed by atoms with Crippen molar-refractivity contribution >= 4 is 45.5 Å². The van der Waals surface area contributed by atoms with E-state index in [-0.39, 0.29) is 73.0 Å². The molecule has 2 unspecified atom stereocenters. The van der Waals surface area contributed by atoms with Crippen LogP contribution in [0.3, 0.4) is 0 Å². The van der Waals surface area contributed by atoms with Crippen LogP contribution in [0, 0.1) is 11.7 Å². The topological polar surface area (TPSA) is 183 Å². The smallest absolute Gasteiger partial charge is 0.272 e. The first-order valence-corrected chi connectivity index (χ1v) is 21.3. The van der Waals surface area contributed by atoms with Gasteiger partial charge in [-0.3, -0.25) is 28.6 Å². The van der Waals surface area contributed by atoms with Gasteiger partial charge in [0.05, 0.1) is 31.1 Å². The molecule has 0 bridgehead atoms. The monoisotopic (exact) mass is 839 g/mol. The summed E-state index contributed by atoms with van der Waals surface area (Å²) >= 11 is 0. The Kier molecular flexibility index (Phi) is 12.3. The summed E-state index contributed by atoms with van der Waals surface area (Å²) in [6.45, 7) is 4.65. The van der Waals surface area contributed by atoms with Crippen molar-refractivity contribution < 1.29 is 46.4 Å². The number of nitrogens with one attached hydrogen (secondary N) is 3. The van der Waals surface area contributed by atoms with Crippen molar-refractivity contribution in [1.29, 1.82) is 0 Å². The van der Waals surface area contributed by atoms with Gasteiger partial charge in [-0.25, -0.2) is 18.0 Å². The fraction of sp³-hybridized carbons (Fsp3) is 0.561. The number of halogens is 2. The molecule has 1 saturated heterocycles. The van der Waals surface area contributed by atoms with Crippen LogP contribution >= 0.6 is 0 Å². The summed E-state index contributed by atoms with van der Waals surface area (Å²) in [5, 5.41) is 10.3. The average molecular weight is 840 g/mol. The number of hydrogen-bond donors (Lipinski definition) is 3. The summed E-state index contributed by atoms with van der Waals surface area (Å²) in [6.07, 6.45) is 8.99. The van der Waals surface area contributed by atoms with Crippen LogP contribution in [0.4, 0.5) is 8.78 Å². The summed E-state index contributed by atoms with van der Waals surface area (Å²) in [5.41, 5.74) is -1.23. The number of fused-ring (bicyclic) bond motifs is 3. The third-order valence-corrected chi connectivity index (χ3v) is 13.1. The normalized spacial score (nSPS) is 26.4. The molecular formula is C41H51F2N7O8S. The number of ether oxygens (including phenoxy) is 3. The van der Waals surface area contributed by atoms with Gasteiger partial charge in [0.1, 0.15) is 58.3 Å². The average Bonchev–Trinajstić information content (AvgIpc) is 3.97. The maximum atomic E-state index is 14.9. The van der Waals surface area contributed by atoms with E-state index in [1.807, 2.05) is 32.9 Å². The number of methoxy groups -OCH3 is 1. The van der Waals surface area contributed by atoms with Gasteiger partial charge in [-0.1, -0.05) is 25.0 Å². The summed E-state index contributed by atoms with van der Waals surface area (Å²) in [5.74, 6) is -3.07. The Morgan fingerprint density at radius 2 is 1.95 bits per heavy atom. The zero-order chi connectivity index (χ0) is 42.1. The Morgan fingerprint density at radius 1 is 1.15 bits per heavy atom. The molecule has 0 spiro atoms. The molecule has 1 aromatic carbocycles. The molecule has 2 aliphatic heterocycles. The largest absolute Gasteiger partial charge is 0.491 e. The Hall–Kier alpha value is -5.13. The fourth-order valence-electron chi connectivity index (χ4n) is 7.71. The number of aromatic nitrogens is 3. The second-order valence-corrected chi connectivity index (χ2v) is 18.0. The van der Waals surface area contributed by atoms with E-state index in [2.05, 4.69) is 25.4 Å². The molecule has 7 rings (SSSR count). The number of amides is 4. The maximum absolute atomic E-state index is 14.9. The number of rotatable bonds is 12. The molecular weight excluding hydrogens is 789 g/mol. The zero-order valence-electron chi connectivity index (χ0n) is 33.6. The van der Waals surface area contributed by atoms with E-state index in [1.54, 1.807) is 6.07 Å². The van der Waals surface area contributed by atoms with Crippen molar-refractivity contribution in [3.05, 3.63) is 54.1 Å². The Balaban J connectivity index is 1.22. The predicted octanol–water partition coefficient (Wildman–Crippen LogP) is 4.21. The molecule has 59 heavy (non-hydrogen) atoms. The molecule has 3 aromatic rings. The van der Waals surface area contributed by atoms with Gasteiger partial charge in [0.2, 0.25) is 17.7 Å². The molecule has 15 nitrogen and oxygen atoms in total. The van der Waals surface area contributed by atoms with Gasteiger partial charge in [0, 0.05) is 30.0 Å². The van der Waals surface area contributed by atoms with E-state index in [9.17, 15) is 32.2 Å². The highest BCUT2D eigenvalue weighted by Crippen LogP contribution is 2.47. The number of aryl methyl sites for hydroxylation is 1. The molecule has 2 aromatic heterocycles. The number of hydrogen-bond acceptors (Lipinski definition) is 10. The van der Waals surface area contributed by atoms with Crippen LogP contribution in [-0.4, -0.2) is 102 Å². The molecule has 3 fully saturated rings. The van der Waals surface area contributed by atoms with E-state index >= 15 is 0 Å². The van der Waals surface area contributed by atoms with Crippen LogP contribution in [0.25, 0.3) is 10.9 Å². The summed E-state index contributed by atoms with van der Waals surface area (Å²) < 4.78 is 62.3. The number of carbonyl (C=O) groups excluding carboxylic acids is 4.